The van der Waals surface area contributed by atoms with Crippen molar-refractivity contribution in [3.63, 3.8) is 0 Å². The summed E-state index contributed by atoms with van der Waals surface area (Å²) >= 11 is 1.30. The third kappa shape index (κ3) is 3.68. The standard InChI is InChI=1S/C22H19FN2O2S/c1-14-8-9-15(2)16(11-14)12-20(26)25(13-17-5-4-10-27-17)22-24-21-18(23)6-3-7-19(21)28-22/h3-11H,12-13H2,1-2H3. The predicted octanol–water partition coefficient (Wildman–Crippen LogP) is 5.42. The number of anilines is 1. The van der Waals surface area contributed by atoms with Crippen LogP contribution in [0.25, 0.3) is 10.2 Å². The highest BCUT2D eigenvalue weighted by Crippen LogP contribution is 2.31. The van der Waals surface area contributed by atoms with E-state index in [1.54, 1.807) is 29.4 Å². The van der Waals surface area contributed by atoms with Gasteiger partial charge < -0.3 is 4.42 Å². The van der Waals surface area contributed by atoms with E-state index in [1.165, 1.54) is 17.4 Å². The van der Waals surface area contributed by atoms with E-state index in [9.17, 15) is 9.18 Å². The van der Waals surface area contributed by atoms with Crippen molar-refractivity contribution < 1.29 is 13.6 Å². The SMILES string of the molecule is Cc1ccc(C)c(CC(=O)N(Cc2ccco2)c2nc3c(F)cccc3s2)c1. The van der Waals surface area contributed by atoms with Gasteiger partial charge in [0.2, 0.25) is 5.91 Å². The molecule has 1 amide bonds. The highest BCUT2D eigenvalue weighted by Gasteiger charge is 2.23. The van der Waals surface area contributed by atoms with Gasteiger partial charge in [0.15, 0.2) is 5.13 Å². The third-order valence-electron chi connectivity index (χ3n) is 4.63. The highest BCUT2D eigenvalue weighted by molar-refractivity contribution is 7.22. The first-order valence-corrected chi connectivity index (χ1v) is 9.77. The number of furan rings is 1. The largest absolute Gasteiger partial charge is 0.467 e. The number of aryl methyl sites for hydroxylation is 2. The molecule has 0 fully saturated rings. The first-order valence-electron chi connectivity index (χ1n) is 8.95. The molecule has 2 heterocycles. The fourth-order valence-corrected chi connectivity index (χ4v) is 4.09. The lowest BCUT2D eigenvalue weighted by molar-refractivity contribution is -0.118. The van der Waals surface area contributed by atoms with Gasteiger partial charge in [-0.2, -0.15) is 0 Å². The highest BCUT2D eigenvalue weighted by atomic mass is 32.1. The number of benzene rings is 2. The van der Waals surface area contributed by atoms with Crippen LogP contribution in [0.3, 0.4) is 0 Å². The molecule has 0 saturated carbocycles. The van der Waals surface area contributed by atoms with Crippen LogP contribution in [0.15, 0.2) is 59.2 Å². The van der Waals surface area contributed by atoms with Crippen molar-refractivity contribution in [3.8, 4) is 0 Å². The molecule has 0 bridgehead atoms. The Morgan fingerprint density at radius 1 is 1.18 bits per heavy atom. The number of fused-ring (bicyclic) bond motifs is 1. The van der Waals surface area contributed by atoms with Crippen molar-refractivity contribution in [2.45, 2.75) is 26.8 Å². The Kier molecular flexibility index (Phi) is 4.96. The average molecular weight is 394 g/mol. The Morgan fingerprint density at radius 2 is 2.04 bits per heavy atom. The first kappa shape index (κ1) is 18.4. The summed E-state index contributed by atoms with van der Waals surface area (Å²) in [7, 11) is 0. The monoisotopic (exact) mass is 394 g/mol. The molecule has 2 aromatic heterocycles. The van der Waals surface area contributed by atoms with Crippen molar-refractivity contribution in [1.29, 1.82) is 0 Å². The van der Waals surface area contributed by atoms with Gasteiger partial charge in [0.05, 0.1) is 23.9 Å². The zero-order valence-electron chi connectivity index (χ0n) is 15.6. The van der Waals surface area contributed by atoms with E-state index in [4.69, 9.17) is 4.42 Å². The summed E-state index contributed by atoms with van der Waals surface area (Å²) in [6.07, 6.45) is 1.81. The summed E-state index contributed by atoms with van der Waals surface area (Å²) in [5.41, 5.74) is 3.42. The van der Waals surface area contributed by atoms with Crippen LogP contribution in [-0.2, 0) is 17.8 Å². The Bertz CT molecular complexity index is 1130. The van der Waals surface area contributed by atoms with E-state index in [1.807, 2.05) is 38.1 Å². The molecule has 28 heavy (non-hydrogen) atoms. The van der Waals surface area contributed by atoms with Crippen molar-refractivity contribution >= 4 is 32.6 Å². The molecule has 4 aromatic rings. The molecule has 0 spiro atoms. The molecule has 0 atom stereocenters. The number of amides is 1. The molecular formula is C22H19FN2O2S. The van der Waals surface area contributed by atoms with E-state index in [-0.39, 0.29) is 30.2 Å². The number of carbonyl (C=O) groups is 1. The van der Waals surface area contributed by atoms with Crippen LogP contribution in [0.1, 0.15) is 22.5 Å². The number of hydrogen-bond donors (Lipinski definition) is 0. The first-order chi connectivity index (χ1) is 13.5. The maximum Gasteiger partial charge on any atom is 0.233 e. The number of thiazole rings is 1. The Morgan fingerprint density at radius 3 is 2.79 bits per heavy atom. The number of halogens is 1. The molecule has 0 aliphatic heterocycles. The minimum absolute atomic E-state index is 0.107. The van der Waals surface area contributed by atoms with E-state index >= 15 is 0 Å². The van der Waals surface area contributed by atoms with Gasteiger partial charge in [-0.1, -0.05) is 41.2 Å². The molecule has 0 aliphatic carbocycles. The number of para-hydroxylation sites is 1. The molecule has 0 aliphatic rings. The lowest BCUT2D eigenvalue weighted by Gasteiger charge is -2.19. The van der Waals surface area contributed by atoms with Crippen molar-refractivity contribution in [1.82, 2.24) is 4.98 Å². The van der Waals surface area contributed by atoms with Crippen molar-refractivity contribution in [2.75, 3.05) is 4.90 Å². The second-order valence-electron chi connectivity index (χ2n) is 6.75. The third-order valence-corrected chi connectivity index (χ3v) is 5.67. The quantitative estimate of drug-likeness (QED) is 0.454. The molecule has 4 rings (SSSR count). The van der Waals surface area contributed by atoms with Gasteiger partial charge in [0.25, 0.3) is 0 Å². The second-order valence-corrected chi connectivity index (χ2v) is 7.76. The van der Waals surface area contributed by atoms with Crippen LogP contribution in [0.5, 0.6) is 0 Å². The lowest BCUT2D eigenvalue weighted by Crippen LogP contribution is -2.31. The zero-order chi connectivity index (χ0) is 19.7. The maximum atomic E-state index is 14.1. The molecule has 0 unspecified atom stereocenters. The topological polar surface area (TPSA) is 46.3 Å². The number of rotatable bonds is 5. The van der Waals surface area contributed by atoms with Gasteiger partial charge >= 0.3 is 0 Å². The molecule has 0 radical (unpaired) electrons. The summed E-state index contributed by atoms with van der Waals surface area (Å²) in [6, 6.07) is 14.5. The van der Waals surface area contributed by atoms with Crippen LogP contribution in [-0.4, -0.2) is 10.9 Å². The Balaban J connectivity index is 1.71. The summed E-state index contributed by atoms with van der Waals surface area (Å²) in [6.45, 7) is 4.24. The minimum atomic E-state index is -0.389. The summed E-state index contributed by atoms with van der Waals surface area (Å²) in [4.78, 5) is 19.2. The van der Waals surface area contributed by atoms with Gasteiger partial charge in [0.1, 0.15) is 17.1 Å². The fourth-order valence-electron chi connectivity index (χ4n) is 3.09. The number of carbonyl (C=O) groups excluding carboxylic acids is 1. The van der Waals surface area contributed by atoms with Gasteiger partial charge in [-0.05, 0) is 49.2 Å². The predicted molar refractivity (Wildman–Crippen MR) is 109 cm³/mol. The molecule has 2 aromatic carbocycles. The normalized spacial score (nSPS) is 11.1. The Labute approximate surface area is 166 Å². The molecule has 0 N–H and O–H groups in total. The van der Waals surface area contributed by atoms with Crippen molar-refractivity contribution in [3.05, 3.63) is 83.1 Å². The van der Waals surface area contributed by atoms with Crippen LogP contribution in [0.4, 0.5) is 9.52 Å². The van der Waals surface area contributed by atoms with E-state index < -0.39 is 0 Å². The fraction of sp³-hybridized carbons (Fsp3) is 0.182. The smallest absolute Gasteiger partial charge is 0.233 e. The van der Waals surface area contributed by atoms with Crippen LogP contribution < -0.4 is 4.90 Å². The molecule has 0 saturated heterocycles. The van der Waals surface area contributed by atoms with Gasteiger partial charge in [-0.15, -0.1) is 0 Å². The molecule has 142 valence electrons. The van der Waals surface area contributed by atoms with Crippen LogP contribution in [0.2, 0.25) is 0 Å². The number of hydrogen-bond acceptors (Lipinski definition) is 4. The number of nitrogens with zero attached hydrogens (tertiary/aromatic N) is 2. The maximum absolute atomic E-state index is 14.1. The van der Waals surface area contributed by atoms with Gasteiger partial charge in [0, 0.05) is 0 Å². The zero-order valence-corrected chi connectivity index (χ0v) is 16.4. The van der Waals surface area contributed by atoms with Gasteiger partial charge in [-0.3, -0.25) is 9.69 Å². The summed E-state index contributed by atoms with van der Waals surface area (Å²) in [5.74, 6) is 0.151. The van der Waals surface area contributed by atoms with Crippen LogP contribution in [0, 0.1) is 19.7 Å². The minimum Gasteiger partial charge on any atom is -0.467 e. The van der Waals surface area contributed by atoms with E-state index in [0.717, 1.165) is 16.7 Å². The Hall–Kier alpha value is -2.99. The summed E-state index contributed by atoms with van der Waals surface area (Å²) < 4.78 is 20.3. The summed E-state index contributed by atoms with van der Waals surface area (Å²) in [5, 5.41) is 0.465. The lowest BCUT2D eigenvalue weighted by atomic mass is 10.0. The molecular weight excluding hydrogens is 375 g/mol. The molecule has 4 nitrogen and oxygen atoms in total. The van der Waals surface area contributed by atoms with Gasteiger partial charge in [-0.25, -0.2) is 9.37 Å². The van der Waals surface area contributed by atoms with Crippen molar-refractivity contribution in [2.24, 2.45) is 0 Å². The van der Waals surface area contributed by atoms with E-state index in [2.05, 4.69) is 4.98 Å². The average Bonchev–Trinajstić information content (AvgIpc) is 3.32. The molecule has 6 heteroatoms. The van der Waals surface area contributed by atoms with Crippen LogP contribution >= 0.6 is 11.3 Å². The van der Waals surface area contributed by atoms with E-state index in [0.29, 0.717) is 15.6 Å². The number of aromatic nitrogens is 1. The second kappa shape index (κ2) is 7.56.